The van der Waals surface area contributed by atoms with E-state index in [2.05, 4.69) is 155 Å². The molecule has 0 heterocycles. The van der Waals surface area contributed by atoms with Crippen molar-refractivity contribution in [1.29, 1.82) is 0 Å². The molecule has 582 valence electrons. The number of hydrogen-bond acceptors (Lipinski definition) is 15. The number of esters is 4. The van der Waals surface area contributed by atoms with E-state index in [1.54, 1.807) is 0 Å². The molecule has 0 aliphatic heterocycles. The van der Waals surface area contributed by atoms with Gasteiger partial charge in [0.2, 0.25) is 0 Å². The Morgan fingerprint density at radius 2 is 0.559 bits per heavy atom. The quantitative estimate of drug-likeness (QED) is 0.0169. The van der Waals surface area contributed by atoms with Crippen LogP contribution in [0.3, 0.4) is 0 Å². The fourth-order valence-electron chi connectivity index (χ4n) is 9.80. The number of rotatable bonds is 72. The third-order valence-corrected chi connectivity index (χ3v) is 17.7. The maximum Gasteiger partial charge on any atom is 0.472 e. The van der Waals surface area contributed by atoms with Crippen LogP contribution in [0.2, 0.25) is 0 Å². The summed E-state index contributed by atoms with van der Waals surface area (Å²) in [4.78, 5) is 72.9. The van der Waals surface area contributed by atoms with Crippen molar-refractivity contribution in [3.63, 3.8) is 0 Å². The van der Waals surface area contributed by atoms with Crippen LogP contribution in [-0.2, 0) is 65.4 Å². The number of phosphoric acid groups is 2. The second-order valence-corrected chi connectivity index (χ2v) is 28.5. The fourth-order valence-corrected chi connectivity index (χ4v) is 11.4. The lowest BCUT2D eigenvalue weighted by molar-refractivity contribution is -0.161. The summed E-state index contributed by atoms with van der Waals surface area (Å²) < 4.78 is 68.4. The summed E-state index contributed by atoms with van der Waals surface area (Å²) in [7, 11) is -9.99. The van der Waals surface area contributed by atoms with E-state index in [1.165, 1.54) is 32.1 Å². The second kappa shape index (κ2) is 74.2. The van der Waals surface area contributed by atoms with Gasteiger partial charge in [-0.2, -0.15) is 0 Å². The molecule has 0 rings (SSSR count). The van der Waals surface area contributed by atoms with E-state index in [0.29, 0.717) is 32.1 Å². The van der Waals surface area contributed by atoms with Crippen LogP contribution in [0, 0.1) is 0 Å². The van der Waals surface area contributed by atoms with E-state index in [0.717, 1.165) is 180 Å². The topological polar surface area (TPSA) is 237 Å². The van der Waals surface area contributed by atoms with Gasteiger partial charge in [-0.3, -0.25) is 37.3 Å². The summed E-state index contributed by atoms with van der Waals surface area (Å²) in [6.45, 7) is 4.49. The Balaban J connectivity index is 5.44. The number of allylic oxidation sites excluding steroid dienone is 24. The predicted molar refractivity (Wildman–Crippen MR) is 417 cm³/mol. The van der Waals surface area contributed by atoms with Gasteiger partial charge in [-0.15, -0.1) is 0 Å². The molecule has 0 saturated carbocycles. The van der Waals surface area contributed by atoms with E-state index in [1.807, 2.05) is 18.2 Å². The van der Waals surface area contributed by atoms with Crippen LogP contribution in [0.5, 0.6) is 0 Å². The molecule has 17 nitrogen and oxygen atoms in total. The number of phosphoric ester groups is 2. The molecule has 0 aliphatic rings. The predicted octanol–water partition coefficient (Wildman–Crippen LogP) is 22.7. The Hall–Kier alpha value is -5.06. The highest BCUT2D eigenvalue weighted by atomic mass is 31.2. The molecule has 0 amide bonds. The average molecular weight is 1470 g/mol. The number of carbonyl (C=O) groups excluding carboxylic acids is 4. The zero-order valence-corrected chi connectivity index (χ0v) is 65.3. The zero-order valence-electron chi connectivity index (χ0n) is 63.5. The van der Waals surface area contributed by atoms with Gasteiger partial charge in [-0.1, -0.05) is 270 Å². The number of carbonyl (C=O) groups is 4. The molecule has 5 atom stereocenters. The van der Waals surface area contributed by atoms with E-state index in [-0.39, 0.29) is 25.7 Å². The van der Waals surface area contributed by atoms with Crippen molar-refractivity contribution in [2.45, 2.75) is 316 Å². The van der Waals surface area contributed by atoms with Gasteiger partial charge in [0.15, 0.2) is 12.2 Å². The maximum atomic E-state index is 13.1. The summed E-state index contributed by atoms with van der Waals surface area (Å²) in [5.74, 6) is -2.32. The Morgan fingerprint density at radius 3 is 0.922 bits per heavy atom. The van der Waals surface area contributed by atoms with E-state index in [4.69, 9.17) is 37.0 Å². The monoisotopic (exact) mass is 1470 g/mol. The van der Waals surface area contributed by atoms with Gasteiger partial charge in [-0.25, -0.2) is 9.13 Å². The number of aliphatic hydroxyl groups is 1. The van der Waals surface area contributed by atoms with Gasteiger partial charge in [0, 0.05) is 25.7 Å². The van der Waals surface area contributed by atoms with Gasteiger partial charge in [0.1, 0.15) is 19.3 Å². The first-order valence-electron chi connectivity index (χ1n) is 39.1. The molecule has 0 radical (unpaired) electrons. The summed E-state index contributed by atoms with van der Waals surface area (Å²) in [5.41, 5.74) is 0. The van der Waals surface area contributed by atoms with Crippen molar-refractivity contribution in [1.82, 2.24) is 0 Å². The van der Waals surface area contributed by atoms with Crippen molar-refractivity contribution in [2.24, 2.45) is 0 Å². The SMILES string of the molecule is CC/C=C\C/C=C\C/C=C\C/C=C\C/C=C\C/C=C\CCC(=O)OCC(COP(=O)(O)OCC(O)COP(=O)(O)OCC(COC(=O)CCCCCCC/C=C\C/C=C\CCC)OC(=O)CCCCCCC/C=C\CCCC)OC(=O)CCCCCCCC/C=C\C/C=C\C/C=C\CCCCC. The minimum atomic E-state index is -5.00. The first-order chi connectivity index (χ1) is 49.7. The summed E-state index contributed by atoms with van der Waals surface area (Å²) in [6, 6.07) is 0. The van der Waals surface area contributed by atoms with Crippen LogP contribution >= 0.6 is 15.6 Å². The lowest BCUT2D eigenvalue weighted by atomic mass is 10.1. The van der Waals surface area contributed by atoms with Gasteiger partial charge in [-0.05, 0) is 148 Å². The Labute approximate surface area is 617 Å². The highest BCUT2D eigenvalue weighted by Crippen LogP contribution is 2.45. The van der Waals surface area contributed by atoms with Crippen LogP contribution in [0.1, 0.15) is 297 Å². The molecule has 0 aromatic heterocycles. The van der Waals surface area contributed by atoms with Gasteiger partial charge < -0.3 is 33.8 Å². The maximum absolute atomic E-state index is 13.1. The van der Waals surface area contributed by atoms with Crippen molar-refractivity contribution in [3.8, 4) is 0 Å². The van der Waals surface area contributed by atoms with Crippen LogP contribution in [0.4, 0.5) is 0 Å². The third kappa shape index (κ3) is 73.3. The molecular weight excluding hydrogens is 1330 g/mol. The zero-order chi connectivity index (χ0) is 74.6. The number of hydrogen-bond donors (Lipinski definition) is 3. The first kappa shape index (κ1) is 96.9. The second-order valence-electron chi connectivity index (χ2n) is 25.6. The standard InChI is InChI=1S/C83H138O17P2/c1-5-9-13-17-21-25-29-32-34-36-38-40-42-45-49-52-56-60-64-68-81(86)94-74-79(100-83(88)70-66-62-58-54-50-46-43-41-39-37-35-33-30-26-22-18-14-10-6-2)76-98-102(91,92)96-72-77(84)71-95-101(89,90)97-75-78(99-82(87)69-65-61-57-53-47-28-24-20-16-12-8-4)73-93-80(85)67-63-59-55-51-48-44-31-27-23-19-15-11-7-3/h9,13,15,19-22,24-27,31-35,38-41,45,49,56,60,77-79,84H,5-8,10-12,14,16-18,23,28-30,36-37,42-44,46-48,50-55,57-59,61-76H2,1-4H3,(H,89,90)(H,91,92)/b13-9-,19-15-,24-20-,25-21-,26-22-,31-27-,34-32-,35-33-,40-38-,41-39-,49-45-,60-56-. The molecule has 0 aromatic carbocycles. The van der Waals surface area contributed by atoms with Gasteiger partial charge in [0.25, 0.3) is 0 Å². The highest BCUT2D eigenvalue weighted by molar-refractivity contribution is 7.47. The normalized spacial score (nSPS) is 14.7. The number of unbranched alkanes of at least 4 members (excludes halogenated alkanes) is 22. The van der Waals surface area contributed by atoms with E-state index in [9.17, 15) is 43.2 Å². The lowest BCUT2D eigenvalue weighted by Gasteiger charge is -2.21. The molecule has 0 aromatic rings. The van der Waals surface area contributed by atoms with Gasteiger partial charge in [0.05, 0.1) is 26.4 Å². The Kier molecular flexibility index (Phi) is 70.5. The highest BCUT2D eigenvalue weighted by Gasteiger charge is 2.30. The molecule has 0 spiro atoms. The molecule has 5 unspecified atom stereocenters. The largest absolute Gasteiger partial charge is 0.472 e. The van der Waals surface area contributed by atoms with Crippen LogP contribution in [-0.4, -0.2) is 96.7 Å². The van der Waals surface area contributed by atoms with Crippen LogP contribution < -0.4 is 0 Å². The smallest absolute Gasteiger partial charge is 0.462 e. The van der Waals surface area contributed by atoms with Crippen molar-refractivity contribution >= 4 is 39.5 Å². The van der Waals surface area contributed by atoms with Crippen LogP contribution in [0.25, 0.3) is 0 Å². The summed E-state index contributed by atoms with van der Waals surface area (Å²) in [6.07, 6.45) is 84.2. The van der Waals surface area contributed by atoms with Crippen molar-refractivity contribution in [2.75, 3.05) is 39.6 Å². The Morgan fingerprint density at radius 1 is 0.284 bits per heavy atom. The van der Waals surface area contributed by atoms with E-state index >= 15 is 0 Å². The average Bonchev–Trinajstić information content (AvgIpc) is 0.940. The molecule has 0 fully saturated rings. The molecular formula is C83H138O17P2. The number of aliphatic hydroxyl groups excluding tert-OH is 1. The molecule has 3 N–H and O–H groups in total. The van der Waals surface area contributed by atoms with E-state index < -0.39 is 97.5 Å². The third-order valence-electron chi connectivity index (χ3n) is 15.8. The van der Waals surface area contributed by atoms with Crippen molar-refractivity contribution < 1.29 is 80.2 Å². The molecule has 0 bridgehead atoms. The molecule has 0 saturated heterocycles. The Bertz CT molecular complexity index is 2510. The first-order valence-corrected chi connectivity index (χ1v) is 42.1. The van der Waals surface area contributed by atoms with Crippen LogP contribution in [0.15, 0.2) is 146 Å². The number of ether oxygens (including phenoxy) is 4. The van der Waals surface area contributed by atoms with Crippen molar-refractivity contribution in [3.05, 3.63) is 146 Å². The molecule has 102 heavy (non-hydrogen) atoms. The molecule has 19 heteroatoms. The summed E-state index contributed by atoms with van der Waals surface area (Å²) >= 11 is 0. The minimum Gasteiger partial charge on any atom is -0.462 e. The lowest BCUT2D eigenvalue weighted by Crippen LogP contribution is -2.30. The summed E-state index contributed by atoms with van der Waals surface area (Å²) in [5, 5.41) is 10.6. The molecule has 0 aliphatic carbocycles. The minimum absolute atomic E-state index is 0.0288. The van der Waals surface area contributed by atoms with Gasteiger partial charge >= 0.3 is 39.5 Å². The fraction of sp³-hybridized carbons (Fsp3) is 0.663.